The highest BCUT2D eigenvalue weighted by Gasteiger charge is 2.21. The molecule has 1 unspecified atom stereocenters. The van der Waals surface area contributed by atoms with Crippen LogP contribution >= 0.6 is 0 Å². The minimum Gasteiger partial charge on any atom is -0.612 e. The molecule has 0 saturated carbocycles. The van der Waals surface area contributed by atoms with Gasteiger partial charge in [-0.2, -0.15) is 0 Å². The SMILES string of the molecule is C[S+]([O-])c1ccc(COc2cnc(N3CCN(C(=O)O)CC3)nc2)cc1. The van der Waals surface area contributed by atoms with Gasteiger partial charge >= 0.3 is 6.09 Å². The molecule has 26 heavy (non-hydrogen) atoms. The number of amides is 1. The van der Waals surface area contributed by atoms with Crippen LogP contribution in [0.15, 0.2) is 41.6 Å². The molecule has 0 aliphatic carbocycles. The Hall–Kier alpha value is -2.52. The Morgan fingerprint density at radius 3 is 2.35 bits per heavy atom. The van der Waals surface area contributed by atoms with E-state index in [1.165, 1.54) is 4.90 Å². The van der Waals surface area contributed by atoms with E-state index in [0.717, 1.165) is 10.5 Å². The standard InChI is InChI=1S/C17H20N4O4S/c1-26(24)15-4-2-13(3-5-15)12-25-14-10-18-16(19-11-14)20-6-8-21(9-7-20)17(22)23/h2-5,10-11H,6-9,12H2,1H3,(H,22,23). The zero-order valence-corrected chi connectivity index (χ0v) is 15.2. The van der Waals surface area contributed by atoms with E-state index in [9.17, 15) is 9.35 Å². The van der Waals surface area contributed by atoms with Crippen molar-refractivity contribution in [3.8, 4) is 5.75 Å². The van der Waals surface area contributed by atoms with E-state index >= 15 is 0 Å². The number of piperazine rings is 1. The Balaban J connectivity index is 1.52. The second-order valence-corrected chi connectivity index (χ2v) is 7.24. The zero-order valence-electron chi connectivity index (χ0n) is 14.4. The Morgan fingerprint density at radius 2 is 1.81 bits per heavy atom. The number of rotatable bonds is 5. The molecule has 1 N–H and O–H groups in total. The van der Waals surface area contributed by atoms with Crippen molar-refractivity contribution in [3.05, 3.63) is 42.2 Å². The van der Waals surface area contributed by atoms with Gasteiger partial charge in [-0.15, -0.1) is 0 Å². The number of hydrogen-bond acceptors (Lipinski definition) is 6. The summed E-state index contributed by atoms with van der Waals surface area (Å²) in [5, 5.41) is 8.97. The Morgan fingerprint density at radius 1 is 1.19 bits per heavy atom. The molecule has 0 bridgehead atoms. The lowest BCUT2D eigenvalue weighted by molar-refractivity contribution is 0.142. The molecule has 1 aromatic heterocycles. The number of benzene rings is 1. The van der Waals surface area contributed by atoms with Gasteiger partial charge in [0.15, 0.2) is 10.6 Å². The minimum absolute atomic E-state index is 0.372. The molecule has 0 radical (unpaired) electrons. The lowest BCUT2D eigenvalue weighted by Crippen LogP contribution is -2.48. The first kappa shape index (κ1) is 18.3. The van der Waals surface area contributed by atoms with Gasteiger partial charge in [0.1, 0.15) is 12.9 Å². The predicted molar refractivity (Wildman–Crippen MR) is 96.9 cm³/mol. The van der Waals surface area contributed by atoms with Crippen LogP contribution < -0.4 is 9.64 Å². The van der Waals surface area contributed by atoms with Crippen LogP contribution in [0, 0.1) is 0 Å². The fourth-order valence-corrected chi connectivity index (χ4v) is 3.11. The van der Waals surface area contributed by atoms with Gasteiger partial charge in [-0.3, -0.25) is 0 Å². The van der Waals surface area contributed by atoms with Crippen LogP contribution in [0.5, 0.6) is 5.75 Å². The summed E-state index contributed by atoms with van der Waals surface area (Å²) < 4.78 is 17.1. The third kappa shape index (κ3) is 4.55. The van der Waals surface area contributed by atoms with Crippen LogP contribution in [-0.2, 0) is 17.8 Å². The highest BCUT2D eigenvalue weighted by molar-refractivity contribution is 7.90. The number of carboxylic acid groups (broad SMARTS) is 1. The number of nitrogens with zero attached hydrogens (tertiary/aromatic N) is 4. The average molecular weight is 376 g/mol. The molecule has 2 heterocycles. The molecule has 1 aromatic carbocycles. The lowest BCUT2D eigenvalue weighted by atomic mass is 10.2. The van der Waals surface area contributed by atoms with Gasteiger partial charge in [0, 0.05) is 26.2 Å². The van der Waals surface area contributed by atoms with Crippen LogP contribution in [0.2, 0.25) is 0 Å². The highest BCUT2D eigenvalue weighted by Crippen LogP contribution is 2.16. The second-order valence-electron chi connectivity index (χ2n) is 5.86. The van der Waals surface area contributed by atoms with Crippen LogP contribution in [0.1, 0.15) is 5.56 Å². The zero-order chi connectivity index (χ0) is 18.5. The van der Waals surface area contributed by atoms with Gasteiger partial charge in [-0.05, 0) is 28.9 Å². The molecule has 3 rings (SSSR count). The number of hydrogen-bond donors (Lipinski definition) is 1. The first-order valence-corrected chi connectivity index (χ1v) is 9.69. The third-order valence-electron chi connectivity index (χ3n) is 4.11. The Labute approximate surface area is 154 Å². The molecule has 1 aliphatic heterocycles. The van der Waals surface area contributed by atoms with Crippen LogP contribution in [0.25, 0.3) is 0 Å². The summed E-state index contributed by atoms with van der Waals surface area (Å²) in [7, 11) is 0. The maximum Gasteiger partial charge on any atom is 0.407 e. The summed E-state index contributed by atoms with van der Waals surface area (Å²) >= 11 is -0.988. The Bertz CT molecular complexity index is 731. The van der Waals surface area contributed by atoms with E-state index in [-0.39, 0.29) is 0 Å². The quantitative estimate of drug-likeness (QED) is 0.791. The van der Waals surface area contributed by atoms with E-state index in [1.54, 1.807) is 18.6 Å². The normalized spacial score (nSPS) is 15.6. The van der Waals surface area contributed by atoms with Crippen molar-refractivity contribution in [2.24, 2.45) is 0 Å². The van der Waals surface area contributed by atoms with Crippen molar-refractivity contribution in [3.63, 3.8) is 0 Å². The van der Waals surface area contributed by atoms with Gasteiger partial charge < -0.3 is 24.2 Å². The topological polar surface area (TPSA) is 102 Å². The number of anilines is 1. The number of carbonyl (C=O) groups is 1. The fourth-order valence-electron chi connectivity index (χ4n) is 2.59. The molecule has 1 fully saturated rings. The monoisotopic (exact) mass is 376 g/mol. The molecule has 9 heteroatoms. The molecule has 1 amide bonds. The molecule has 1 saturated heterocycles. The van der Waals surface area contributed by atoms with Crippen molar-refractivity contribution in [1.29, 1.82) is 0 Å². The average Bonchev–Trinajstić information content (AvgIpc) is 2.67. The number of ether oxygens (including phenoxy) is 1. The molecular formula is C17H20N4O4S. The van der Waals surface area contributed by atoms with Crippen molar-refractivity contribution in [2.45, 2.75) is 11.5 Å². The van der Waals surface area contributed by atoms with E-state index in [1.807, 2.05) is 29.2 Å². The van der Waals surface area contributed by atoms with Gasteiger partial charge in [0.25, 0.3) is 0 Å². The molecule has 1 aliphatic rings. The van der Waals surface area contributed by atoms with Crippen LogP contribution in [-0.4, -0.2) is 63.1 Å². The van der Waals surface area contributed by atoms with Crippen molar-refractivity contribution in [1.82, 2.24) is 14.9 Å². The highest BCUT2D eigenvalue weighted by atomic mass is 32.2. The summed E-state index contributed by atoms with van der Waals surface area (Å²) in [5.74, 6) is 1.12. The maximum absolute atomic E-state index is 11.4. The van der Waals surface area contributed by atoms with Gasteiger partial charge in [0.05, 0.1) is 12.4 Å². The first-order chi connectivity index (χ1) is 12.5. The molecule has 2 aromatic rings. The van der Waals surface area contributed by atoms with Crippen LogP contribution in [0.3, 0.4) is 0 Å². The van der Waals surface area contributed by atoms with E-state index < -0.39 is 17.3 Å². The summed E-state index contributed by atoms with van der Waals surface area (Å²) in [6.07, 6.45) is 3.97. The van der Waals surface area contributed by atoms with Crippen molar-refractivity contribution >= 4 is 23.2 Å². The lowest BCUT2D eigenvalue weighted by Gasteiger charge is -2.32. The van der Waals surface area contributed by atoms with Crippen molar-refractivity contribution < 1.29 is 19.2 Å². The van der Waals surface area contributed by atoms with Gasteiger partial charge in [-0.1, -0.05) is 12.1 Å². The summed E-state index contributed by atoms with van der Waals surface area (Å²) in [6.45, 7) is 2.39. The van der Waals surface area contributed by atoms with Gasteiger partial charge in [-0.25, -0.2) is 14.8 Å². The first-order valence-electron chi connectivity index (χ1n) is 8.13. The predicted octanol–water partition coefficient (Wildman–Crippen LogP) is 1.59. The van der Waals surface area contributed by atoms with E-state index in [2.05, 4.69) is 9.97 Å². The summed E-state index contributed by atoms with van der Waals surface area (Å²) in [4.78, 5) is 23.7. The maximum atomic E-state index is 11.4. The second kappa shape index (κ2) is 8.24. The molecule has 8 nitrogen and oxygen atoms in total. The van der Waals surface area contributed by atoms with Crippen molar-refractivity contribution in [2.75, 3.05) is 37.3 Å². The number of aromatic nitrogens is 2. The summed E-state index contributed by atoms with van der Waals surface area (Å²) in [5.41, 5.74) is 0.966. The van der Waals surface area contributed by atoms with E-state index in [4.69, 9.17) is 9.84 Å². The largest absolute Gasteiger partial charge is 0.612 e. The van der Waals surface area contributed by atoms with Crippen LogP contribution in [0.4, 0.5) is 10.7 Å². The van der Waals surface area contributed by atoms with E-state index in [0.29, 0.717) is 44.5 Å². The molecule has 1 atom stereocenters. The third-order valence-corrected chi connectivity index (χ3v) is 5.04. The molecular weight excluding hydrogens is 356 g/mol. The minimum atomic E-state index is -0.988. The molecule has 138 valence electrons. The smallest absolute Gasteiger partial charge is 0.407 e. The summed E-state index contributed by atoms with van der Waals surface area (Å²) in [6, 6.07) is 7.41. The van der Waals surface area contributed by atoms with Gasteiger partial charge in [0.2, 0.25) is 5.95 Å². The molecule has 0 spiro atoms. The Kier molecular flexibility index (Phi) is 5.79. The fraction of sp³-hybridized carbons (Fsp3) is 0.353.